The summed E-state index contributed by atoms with van der Waals surface area (Å²) >= 11 is 0. The normalized spacial score (nSPS) is 12.8. The largest absolute Gasteiger partial charge is 0.345 e. The summed E-state index contributed by atoms with van der Waals surface area (Å²) in [7, 11) is -2.21. The number of carbonyl (C=O) groups excluding carboxylic acids is 1. The fourth-order valence-electron chi connectivity index (χ4n) is 2.37. The van der Waals surface area contributed by atoms with Gasteiger partial charge >= 0.3 is 0 Å². The van der Waals surface area contributed by atoms with Crippen molar-refractivity contribution < 1.29 is 17.6 Å². The summed E-state index contributed by atoms with van der Waals surface area (Å²) in [6, 6.07) is 2.97. The molecule has 2 N–H and O–H groups in total. The molecular weight excluding hydrogens is 349 g/mol. The van der Waals surface area contributed by atoms with Crippen LogP contribution in [0.4, 0.5) is 4.39 Å². The Morgan fingerprint density at radius 1 is 1.40 bits per heavy atom. The van der Waals surface area contributed by atoms with E-state index < -0.39 is 28.3 Å². The topological polar surface area (TPSA) is 106 Å². The van der Waals surface area contributed by atoms with Crippen LogP contribution in [0.2, 0.25) is 0 Å². The number of amides is 1. The van der Waals surface area contributed by atoms with Gasteiger partial charge in [-0.3, -0.25) is 9.48 Å². The Bertz CT molecular complexity index is 866. The van der Waals surface area contributed by atoms with E-state index in [1.807, 2.05) is 6.92 Å². The fourth-order valence-corrected chi connectivity index (χ4v) is 3.57. The van der Waals surface area contributed by atoms with Crippen molar-refractivity contribution in [1.29, 1.82) is 0 Å². The minimum absolute atomic E-state index is 0.0676. The molecule has 136 valence electrons. The number of sulfonamides is 1. The van der Waals surface area contributed by atoms with Crippen LogP contribution in [0.1, 0.15) is 30.8 Å². The zero-order valence-electron chi connectivity index (χ0n) is 14.2. The third-order valence-corrected chi connectivity index (χ3v) is 5.21. The molecule has 0 saturated heterocycles. The van der Waals surface area contributed by atoms with Crippen LogP contribution in [0.25, 0.3) is 0 Å². The van der Waals surface area contributed by atoms with Gasteiger partial charge in [-0.25, -0.2) is 22.5 Å². The second-order valence-electron chi connectivity index (χ2n) is 5.50. The van der Waals surface area contributed by atoms with Gasteiger partial charge in [-0.05, 0) is 37.1 Å². The Hall–Kier alpha value is -2.33. The highest BCUT2D eigenvalue weighted by molar-refractivity contribution is 7.89. The van der Waals surface area contributed by atoms with Crippen LogP contribution in [0.5, 0.6) is 0 Å². The molecule has 1 atom stereocenters. The van der Waals surface area contributed by atoms with Crippen molar-refractivity contribution in [2.45, 2.75) is 31.2 Å². The van der Waals surface area contributed by atoms with Gasteiger partial charge < -0.3 is 5.32 Å². The quantitative estimate of drug-likeness (QED) is 0.751. The SMILES string of the molecule is CCC(NC(=O)CNS(=O)(=O)c1ccc(F)cc1C)c1ncnn1C. The van der Waals surface area contributed by atoms with Crippen LogP contribution in [-0.4, -0.2) is 35.6 Å². The van der Waals surface area contributed by atoms with E-state index in [0.717, 1.165) is 12.1 Å². The molecule has 0 aliphatic carbocycles. The van der Waals surface area contributed by atoms with Crippen LogP contribution >= 0.6 is 0 Å². The maximum absolute atomic E-state index is 13.1. The van der Waals surface area contributed by atoms with Crippen molar-refractivity contribution in [3.63, 3.8) is 0 Å². The Labute approximate surface area is 145 Å². The lowest BCUT2D eigenvalue weighted by Crippen LogP contribution is -2.39. The smallest absolute Gasteiger partial charge is 0.241 e. The first kappa shape index (κ1) is 19.0. The van der Waals surface area contributed by atoms with Crippen LogP contribution in [-0.2, 0) is 21.9 Å². The van der Waals surface area contributed by atoms with Crippen molar-refractivity contribution in [2.75, 3.05) is 6.54 Å². The predicted octanol–water partition coefficient (Wildman–Crippen LogP) is 0.808. The molecule has 25 heavy (non-hydrogen) atoms. The lowest BCUT2D eigenvalue weighted by atomic mass is 10.2. The van der Waals surface area contributed by atoms with Gasteiger partial charge in [0, 0.05) is 7.05 Å². The van der Waals surface area contributed by atoms with E-state index in [0.29, 0.717) is 12.2 Å². The standard InChI is InChI=1S/C15H20FN5O3S/c1-4-12(15-17-9-18-21(15)3)20-14(22)8-19-25(23,24)13-6-5-11(16)7-10(13)2/h5-7,9,12,19H,4,8H2,1-3H3,(H,20,22). The highest BCUT2D eigenvalue weighted by Gasteiger charge is 2.21. The van der Waals surface area contributed by atoms with E-state index in [1.165, 1.54) is 19.3 Å². The summed E-state index contributed by atoms with van der Waals surface area (Å²) < 4.78 is 41.4. The van der Waals surface area contributed by atoms with E-state index in [4.69, 9.17) is 0 Å². The molecule has 1 aromatic carbocycles. The number of aromatic nitrogens is 3. The van der Waals surface area contributed by atoms with E-state index in [9.17, 15) is 17.6 Å². The molecule has 0 spiro atoms. The van der Waals surface area contributed by atoms with Crippen molar-refractivity contribution in [3.8, 4) is 0 Å². The average Bonchev–Trinajstić information content (AvgIpc) is 2.96. The molecule has 2 rings (SSSR count). The summed E-state index contributed by atoms with van der Waals surface area (Å²) in [5, 5.41) is 6.66. The summed E-state index contributed by atoms with van der Waals surface area (Å²) in [6.45, 7) is 2.91. The second-order valence-corrected chi connectivity index (χ2v) is 7.24. The van der Waals surface area contributed by atoms with Gasteiger partial charge in [-0.15, -0.1) is 0 Å². The maximum atomic E-state index is 13.1. The second kappa shape index (κ2) is 7.70. The molecule has 1 unspecified atom stereocenters. The number of rotatable bonds is 7. The van der Waals surface area contributed by atoms with Crippen LogP contribution in [0.3, 0.4) is 0 Å². The number of hydrogen-bond acceptors (Lipinski definition) is 5. The van der Waals surface area contributed by atoms with Crippen molar-refractivity contribution >= 4 is 15.9 Å². The molecule has 1 heterocycles. The molecule has 8 nitrogen and oxygen atoms in total. The highest BCUT2D eigenvalue weighted by Crippen LogP contribution is 2.16. The lowest BCUT2D eigenvalue weighted by molar-refractivity contribution is -0.120. The number of hydrogen-bond donors (Lipinski definition) is 2. The molecule has 0 aliphatic heterocycles. The van der Waals surface area contributed by atoms with Crippen molar-refractivity contribution in [1.82, 2.24) is 24.8 Å². The van der Waals surface area contributed by atoms with Crippen molar-refractivity contribution in [2.24, 2.45) is 7.05 Å². The molecule has 0 bridgehead atoms. The number of aryl methyl sites for hydroxylation is 2. The first-order valence-electron chi connectivity index (χ1n) is 7.63. The molecule has 0 saturated carbocycles. The fraction of sp³-hybridized carbons (Fsp3) is 0.400. The monoisotopic (exact) mass is 369 g/mol. The molecule has 1 aromatic heterocycles. The van der Waals surface area contributed by atoms with Gasteiger partial charge in [-0.2, -0.15) is 5.10 Å². The van der Waals surface area contributed by atoms with Gasteiger partial charge in [0.1, 0.15) is 18.0 Å². The Kier molecular flexibility index (Phi) is 5.85. The average molecular weight is 369 g/mol. The molecule has 1 amide bonds. The van der Waals surface area contributed by atoms with Crippen LogP contribution < -0.4 is 10.0 Å². The molecule has 0 aliphatic rings. The summed E-state index contributed by atoms with van der Waals surface area (Å²) in [5.41, 5.74) is 0.262. The Balaban J connectivity index is 2.02. The van der Waals surface area contributed by atoms with Crippen LogP contribution in [0, 0.1) is 12.7 Å². The molecule has 0 radical (unpaired) electrons. The number of nitrogens with zero attached hydrogens (tertiary/aromatic N) is 3. The Morgan fingerprint density at radius 2 is 2.12 bits per heavy atom. The summed E-state index contributed by atoms with van der Waals surface area (Å²) in [4.78, 5) is 16.1. The van der Waals surface area contributed by atoms with Gasteiger partial charge in [-0.1, -0.05) is 6.92 Å². The number of nitrogens with one attached hydrogen (secondary N) is 2. The van der Waals surface area contributed by atoms with E-state index >= 15 is 0 Å². The minimum Gasteiger partial charge on any atom is -0.345 e. The minimum atomic E-state index is -3.92. The molecular formula is C15H20FN5O3S. The van der Waals surface area contributed by atoms with E-state index in [2.05, 4.69) is 20.1 Å². The van der Waals surface area contributed by atoms with Crippen LogP contribution in [0.15, 0.2) is 29.4 Å². The number of benzene rings is 1. The van der Waals surface area contributed by atoms with Gasteiger partial charge in [0.2, 0.25) is 15.9 Å². The van der Waals surface area contributed by atoms with E-state index in [-0.39, 0.29) is 16.5 Å². The van der Waals surface area contributed by atoms with Gasteiger partial charge in [0.05, 0.1) is 17.5 Å². The highest BCUT2D eigenvalue weighted by atomic mass is 32.2. The first-order valence-corrected chi connectivity index (χ1v) is 9.12. The number of carbonyl (C=O) groups is 1. The summed E-state index contributed by atoms with van der Waals surface area (Å²) in [6.07, 6.45) is 1.95. The zero-order chi connectivity index (χ0) is 18.6. The maximum Gasteiger partial charge on any atom is 0.241 e. The Morgan fingerprint density at radius 3 is 2.68 bits per heavy atom. The third-order valence-electron chi connectivity index (χ3n) is 3.65. The number of halogens is 1. The van der Waals surface area contributed by atoms with Gasteiger partial charge in [0.25, 0.3) is 0 Å². The van der Waals surface area contributed by atoms with Gasteiger partial charge in [0.15, 0.2) is 0 Å². The molecule has 10 heteroatoms. The lowest BCUT2D eigenvalue weighted by Gasteiger charge is -2.16. The first-order chi connectivity index (χ1) is 11.7. The third kappa shape index (κ3) is 4.60. The molecule has 2 aromatic rings. The predicted molar refractivity (Wildman–Crippen MR) is 88.5 cm³/mol. The van der Waals surface area contributed by atoms with E-state index in [1.54, 1.807) is 11.7 Å². The molecule has 0 fully saturated rings. The van der Waals surface area contributed by atoms with Crippen molar-refractivity contribution in [3.05, 3.63) is 41.7 Å². The zero-order valence-corrected chi connectivity index (χ0v) is 15.0. The summed E-state index contributed by atoms with van der Waals surface area (Å²) in [5.74, 6) is -0.449.